The van der Waals surface area contributed by atoms with E-state index in [4.69, 9.17) is 14.2 Å². The minimum atomic E-state index is -0.823. The number of unbranched alkanes of at least 4 members (excludes halogenated alkanes) is 21. The van der Waals surface area contributed by atoms with Crippen LogP contribution in [0.5, 0.6) is 0 Å². The number of hydrogen-bond acceptors (Lipinski definition) is 6. The van der Waals surface area contributed by atoms with Crippen molar-refractivity contribution in [3.8, 4) is 0 Å². The topological polar surface area (TPSA) is 78.9 Å². The van der Waals surface area contributed by atoms with E-state index >= 15 is 0 Å². The van der Waals surface area contributed by atoms with Crippen molar-refractivity contribution in [3.63, 3.8) is 0 Å². The highest BCUT2D eigenvalue weighted by Crippen LogP contribution is 2.15. The first-order valence-electron chi connectivity index (χ1n) is 33.0. The summed E-state index contributed by atoms with van der Waals surface area (Å²) in [5, 5.41) is 0. The Hall–Kier alpha value is -4.97. The van der Waals surface area contributed by atoms with E-state index in [0.717, 1.165) is 141 Å². The lowest BCUT2D eigenvalue weighted by atomic mass is 10.1. The summed E-state index contributed by atoms with van der Waals surface area (Å²) in [6, 6.07) is 0. The third-order valence-corrected chi connectivity index (χ3v) is 13.5. The van der Waals surface area contributed by atoms with E-state index in [1.165, 1.54) is 89.9 Å². The van der Waals surface area contributed by atoms with Gasteiger partial charge in [-0.25, -0.2) is 0 Å². The van der Waals surface area contributed by atoms with Gasteiger partial charge in [0.25, 0.3) is 0 Å². The van der Waals surface area contributed by atoms with E-state index in [2.05, 4.69) is 179 Å². The van der Waals surface area contributed by atoms with Gasteiger partial charge in [-0.1, -0.05) is 275 Å². The molecular weight excluding hydrogens is 997 g/mol. The van der Waals surface area contributed by atoms with Crippen LogP contribution in [0.3, 0.4) is 0 Å². The first kappa shape index (κ1) is 76.0. The van der Waals surface area contributed by atoms with Crippen LogP contribution < -0.4 is 0 Å². The maximum Gasteiger partial charge on any atom is 0.306 e. The van der Waals surface area contributed by atoms with Crippen molar-refractivity contribution < 1.29 is 28.6 Å². The Kier molecular flexibility index (Phi) is 63.4. The lowest BCUT2D eigenvalue weighted by molar-refractivity contribution is -0.167. The molecule has 0 aliphatic carbocycles. The molecule has 0 bridgehead atoms. The Morgan fingerprint density at radius 1 is 0.259 bits per heavy atom. The van der Waals surface area contributed by atoms with Gasteiger partial charge in [-0.3, -0.25) is 14.4 Å². The van der Waals surface area contributed by atoms with Gasteiger partial charge in [-0.05, 0) is 141 Å². The molecule has 6 nitrogen and oxygen atoms in total. The van der Waals surface area contributed by atoms with Crippen LogP contribution in [0.25, 0.3) is 0 Å². The van der Waals surface area contributed by atoms with Crippen molar-refractivity contribution in [2.24, 2.45) is 0 Å². The maximum absolute atomic E-state index is 12.9. The molecular formula is C75H120O6. The van der Waals surface area contributed by atoms with Crippen LogP contribution in [0.15, 0.2) is 158 Å². The van der Waals surface area contributed by atoms with E-state index in [9.17, 15) is 14.4 Å². The van der Waals surface area contributed by atoms with Crippen LogP contribution in [0.1, 0.15) is 278 Å². The molecule has 0 fully saturated rings. The van der Waals surface area contributed by atoms with Gasteiger partial charge in [0.2, 0.25) is 0 Å². The fourth-order valence-corrected chi connectivity index (χ4v) is 8.63. The Labute approximate surface area is 499 Å². The molecule has 0 heterocycles. The van der Waals surface area contributed by atoms with Crippen LogP contribution in [-0.4, -0.2) is 37.2 Å². The van der Waals surface area contributed by atoms with E-state index in [1.54, 1.807) is 0 Å². The SMILES string of the molecule is CC/C=C\C/C=C\C/C=C\C/C=C\C/C=C\CCCCCCCC(=O)OC(COC(=O)CCC/C=C\C/C=C\C/C=C\C/C=C\C/C=C\CC)COC(=O)CCCCCCCCCCCC/C=C\C/C=C\C/C=C\CCCCCCC. The summed E-state index contributed by atoms with van der Waals surface area (Å²) in [6.45, 7) is 6.34. The number of hydrogen-bond donors (Lipinski definition) is 0. The first-order valence-corrected chi connectivity index (χ1v) is 33.0. The average Bonchev–Trinajstić information content (AvgIpc) is 3.47. The molecule has 1 unspecified atom stereocenters. The van der Waals surface area contributed by atoms with Gasteiger partial charge in [0.05, 0.1) is 0 Å². The molecule has 0 aliphatic heterocycles. The van der Waals surface area contributed by atoms with Crippen molar-refractivity contribution >= 4 is 17.9 Å². The summed E-state index contributed by atoms with van der Waals surface area (Å²) in [6.07, 6.45) is 98.2. The van der Waals surface area contributed by atoms with E-state index in [-0.39, 0.29) is 44.0 Å². The van der Waals surface area contributed by atoms with E-state index in [0.29, 0.717) is 12.8 Å². The van der Waals surface area contributed by atoms with Gasteiger partial charge in [-0.2, -0.15) is 0 Å². The molecule has 0 saturated heterocycles. The van der Waals surface area contributed by atoms with Crippen LogP contribution in [0.2, 0.25) is 0 Å². The molecule has 81 heavy (non-hydrogen) atoms. The lowest BCUT2D eigenvalue weighted by Crippen LogP contribution is -2.30. The summed E-state index contributed by atoms with van der Waals surface area (Å²) in [5.74, 6) is -0.997. The number of rotatable bonds is 58. The largest absolute Gasteiger partial charge is 0.462 e. The van der Waals surface area contributed by atoms with Gasteiger partial charge >= 0.3 is 17.9 Å². The van der Waals surface area contributed by atoms with Crippen molar-refractivity contribution in [3.05, 3.63) is 158 Å². The smallest absolute Gasteiger partial charge is 0.306 e. The molecule has 6 heteroatoms. The van der Waals surface area contributed by atoms with Gasteiger partial charge in [0.15, 0.2) is 6.10 Å². The highest BCUT2D eigenvalue weighted by atomic mass is 16.6. The molecule has 0 aliphatic rings. The number of carbonyl (C=O) groups excluding carboxylic acids is 3. The summed E-state index contributed by atoms with van der Waals surface area (Å²) in [5.41, 5.74) is 0. The molecule has 0 rings (SSSR count). The van der Waals surface area contributed by atoms with Gasteiger partial charge < -0.3 is 14.2 Å². The zero-order chi connectivity index (χ0) is 58.5. The molecule has 0 aromatic rings. The van der Waals surface area contributed by atoms with Crippen molar-refractivity contribution in [1.82, 2.24) is 0 Å². The predicted molar refractivity (Wildman–Crippen MR) is 352 cm³/mol. The van der Waals surface area contributed by atoms with Crippen LogP contribution in [0.4, 0.5) is 0 Å². The summed E-state index contributed by atoms with van der Waals surface area (Å²) in [7, 11) is 0. The number of allylic oxidation sites excluding steroid dienone is 26. The van der Waals surface area contributed by atoms with E-state index in [1.807, 2.05) is 0 Å². The minimum absolute atomic E-state index is 0.112. The molecule has 0 aromatic carbocycles. The second-order valence-corrected chi connectivity index (χ2v) is 21.3. The molecule has 0 N–H and O–H groups in total. The van der Waals surface area contributed by atoms with Gasteiger partial charge in [-0.15, -0.1) is 0 Å². The fourth-order valence-electron chi connectivity index (χ4n) is 8.63. The molecule has 0 amide bonds. The second kappa shape index (κ2) is 67.5. The molecule has 0 saturated carbocycles. The third kappa shape index (κ3) is 65.7. The summed E-state index contributed by atoms with van der Waals surface area (Å²) < 4.78 is 16.9. The fraction of sp³-hybridized carbons (Fsp3) is 0.613. The summed E-state index contributed by atoms with van der Waals surface area (Å²) >= 11 is 0. The normalized spacial score (nSPS) is 13.2. The molecule has 1 atom stereocenters. The molecule has 0 aromatic heterocycles. The molecule has 456 valence electrons. The monoisotopic (exact) mass is 1120 g/mol. The van der Waals surface area contributed by atoms with Crippen LogP contribution >= 0.6 is 0 Å². The maximum atomic E-state index is 12.9. The molecule has 0 spiro atoms. The predicted octanol–water partition coefficient (Wildman–Crippen LogP) is 22.9. The van der Waals surface area contributed by atoms with Gasteiger partial charge in [0, 0.05) is 19.3 Å². The zero-order valence-electron chi connectivity index (χ0n) is 52.2. The van der Waals surface area contributed by atoms with Gasteiger partial charge in [0.1, 0.15) is 13.2 Å². The molecule has 0 radical (unpaired) electrons. The average molecular weight is 1120 g/mol. The van der Waals surface area contributed by atoms with Crippen molar-refractivity contribution in [1.29, 1.82) is 0 Å². The van der Waals surface area contributed by atoms with Crippen LogP contribution in [0, 0.1) is 0 Å². The lowest BCUT2D eigenvalue weighted by Gasteiger charge is -2.18. The minimum Gasteiger partial charge on any atom is -0.462 e. The van der Waals surface area contributed by atoms with Crippen molar-refractivity contribution in [2.45, 2.75) is 284 Å². The standard InChI is InChI=1S/C75H120O6/c1-4-7-10-13-16-19-22-25-28-31-33-35-36-37-38-40-41-44-47-50-53-56-59-62-65-68-74(77)80-71-72(70-79-73(76)67-64-61-58-55-52-49-46-43-30-27-24-21-18-15-12-9-6-3)81-75(78)69-66-63-60-57-54-51-48-45-42-39-34-32-29-26-23-20-17-14-11-8-5-2/h8-9,11-12,17-18,20-22,25-27,29-31,33-34,36-37,39,45-46,48-49,55,58,72H,4-7,10,13-16,19,23-24,28,32,35,38,40-44,47,50-54,56-57,59-71H2,1-3H3/b11-8-,12-9-,20-17-,21-18-,25-22-,29-26-,30-27-,33-31-,37-36-,39-34-,48-45-,49-46-,58-55-. The Bertz CT molecular complexity index is 1810. The highest BCUT2D eigenvalue weighted by molar-refractivity contribution is 5.71. The second-order valence-electron chi connectivity index (χ2n) is 21.3. The van der Waals surface area contributed by atoms with Crippen LogP contribution in [-0.2, 0) is 28.6 Å². The highest BCUT2D eigenvalue weighted by Gasteiger charge is 2.19. The van der Waals surface area contributed by atoms with Crippen molar-refractivity contribution in [2.75, 3.05) is 13.2 Å². The first-order chi connectivity index (χ1) is 40.0. The van der Waals surface area contributed by atoms with E-state index < -0.39 is 6.10 Å². The number of carbonyl (C=O) groups is 3. The third-order valence-electron chi connectivity index (χ3n) is 13.5. The summed E-state index contributed by atoms with van der Waals surface area (Å²) in [4.78, 5) is 38.4. The quantitative estimate of drug-likeness (QED) is 0.0261. The Morgan fingerprint density at radius 3 is 0.802 bits per heavy atom. The number of ether oxygens (including phenoxy) is 3. The number of esters is 3. The Balaban J connectivity index is 4.50. The zero-order valence-corrected chi connectivity index (χ0v) is 52.2. The Morgan fingerprint density at radius 2 is 0.494 bits per heavy atom.